The highest BCUT2D eigenvalue weighted by Gasteiger charge is 2.34. The molecule has 0 fully saturated rings. The van der Waals surface area contributed by atoms with Crippen molar-refractivity contribution in [2.75, 3.05) is 42.7 Å². The van der Waals surface area contributed by atoms with E-state index in [4.69, 9.17) is 52.8 Å². The molecule has 4 N–H and O–H groups in total. The molecule has 0 radical (unpaired) electrons. The maximum atomic E-state index is 12.5. The fraction of sp³-hybridized carbons (Fsp3) is 0.409. The Labute approximate surface area is 343 Å². The van der Waals surface area contributed by atoms with Crippen LogP contribution in [0.1, 0.15) is 95.7 Å². The first-order chi connectivity index (χ1) is 27.9. The van der Waals surface area contributed by atoms with Crippen molar-refractivity contribution < 1.29 is 72.6 Å². The normalized spacial score (nSPS) is 16.6. The second-order valence-corrected chi connectivity index (χ2v) is 14.8. The molecule has 2 heterocycles. The van der Waals surface area contributed by atoms with Crippen molar-refractivity contribution in [1.29, 1.82) is 0 Å². The average Bonchev–Trinajstić information content (AvgIpc) is 3.20. The van der Waals surface area contributed by atoms with Crippen molar-refractivity contribution in [2.24, 2.45) is 0 Å². The Bertz CT molecular complexity index is 2040. The summed E-state index contributed by atoms with van der Waals surface area (Å²) in [4.78, 5) is 23.3. The monoisotopic (exact) mass is 822 g/mol. The molecule has 320 valence electrons. The number of carbonyl (C=O) groups is 2. The van der Waals surface area contributed by atoms with Gasteiger partial charge in [-0.1, -0.05) is 0 Å². The van der Waals surface area contributed by atoms with Gasteiger partial charge in [0.25, 0.3) is 0 Å². The van der Waals surface area contributed by atoms with E-state index < -0.39 is 35.3 Å². The quantitative estimate of drug-likeness (QED) is 0.115. The van der Waals surface area contributed by atoms with Gasteiger partial charge in [0.15, 0.2) is 23.0 Å². The molecule has 4 aromatic carbocycles. The zero-order valence-corrected chi connectivity index (χ0v) is 35.0. The second-order valence-electron chi connectivity index (χ2n) is 14.8. The number of methoxy groups -OCH3 is 6. The minimum Gasteiger partial charge on any atom is -0.493 e. The van der Waals surface area contributed by atoms with Crippen molar-refractivity contribution in [3.63, 3.8) is 0 Å². The van der Waals surface area contributed by atoms with Crippen LogP contribution in [0.2, 0.25) is 0 Å². The van der Waals surface area contributed by atoms with Crippen molar-refractivity contribution in [3.05, 3.63) is 94.0 Å². The van der Waals surface area contributed by atoms with Crippen molar-refractivity contribution in [1.82, 2.24) is 0 Å². The molecule has 4 aromatic rings. The summed E-state index contributed by atoms with van der Waals surface area (Å²) in [6.07, 6.45) is -0.456. The first-order valence-corrected chi connectivity index (χ1v) is 18.5. The number of carboxylic acids is 1. The van der Waals surface area contributed by atoms with E-state index in [1.54, 1.807) is 69.9 Å². The number of carbonyl (C=O) groups excluding carboxylic acids is 1. The number of hydrogen-bond acceptors (Lipinski definition) is 14. The van der Waals surface area contributed by atoms with Crippen LogP contribution < -0.4 is 37.9 Å². The van der Waals surface area contributed by atoms with Gasteiger partial charge >= 0.3 is 11.9 Å². The summed E-state index contributed by atoms with van der Waals surface area (Å²) in [5, 5.41) is 38.2. The molecule has 0 aromatic heterocycles. The third kappa shape index (κ3) is 11.4. The Morgan fingerprint density at radius 2 is 1.00 bits per heavy atom. The maximum Gasteiger partial charge on any atom is 0.338 e. The highest BCUT2D eigenvalue weighted by Crippen LogP contribution is 2.42. The zero-order valence-electron chi connectivity index (χ0n) is 35.0. The van der Waals surface area contributed by atoms with Gasteiger partial charge in [0.1, 0.15) is 29.3 Å². The standard InChI is InChI=1S/C22H26O7.C12H14O4.C10H14O4/c1-22(2)11-16(23)15-10-14(6-7-17(15)29-22)21(24)28-12-13-8-18(25-3)20(27-5)19(9-13)26-4;1-12(2)6-9(13)8-5-7(11(14)15)3-4-10(8)16-12;1-12-8-4-7(6-11)5-9(13-2)10(8)14-3/h6-10,16,23H,11-12H2,1-5H3;3-5,9,13H,6H2,1-2H3,(H,14,15);4-5,11H,6H2,1-3H3. The lowest BCUT2D eigenvalue weighted by Gasteiger charge is -2.35. The van der Waals surface area contributed by atoms with Crippen LogP contribution in [-0.2, 0) is 18.0 Å². The summed E-state index contributed by atoms with van der Waals surface area (Å²) in [5.74, 6) is 2.71. The molecule has 0 bridgehead atoms. The van der Waals surface area contributed by atoms with Crippen LogP contribution >= 0.6 is 0 Å². The number of fused-ring (bicyclic) bond motifs is 2. The first-order valence-electron chi connectivity index (χ1n) is 18.5. The van der Waals surface area contributed by atoms with Crippen LogP contribution in [-0.4, -0.2) is 86.2 Å². The maximum absolute atomic E-state index is 12.5. The number of benzene rings is 4. The van der Waals surface area contributed by atoms with E-state index in [2.05, 4.69) is 0 Å². The highest BCUT2D eigenvalue weighted by molar-refractivity contribution is 5.90. The Hall–Kier alpha value is -5.90. The Morgan fingerprint density at radius 3 is 1.37 bits per heavy atom. The van der Waals surface area contributed by atoms with Crippen LogP contribution in [0, 0.1) is 0 Å². The van der Waals surface area contributed by atoms with Crippen LogP contribution in [0.4, 0.5) is 0 Å². The number of rotatable bonds is 11. The molecule has 0 aliphatic carbocycles. The van der Waals surface area contributed by atoms with E-state index in [9.17, 15) is 19.8 Å². The molecule has 15 nitrogen and oxygen atoms in total. The van der Waals surface area contributed by atoms with Crippen LogP contribution in [0.5, 0.6) is 46.0 Å². The van der Waals surface area contributed by atoms with E-state index in [1.807, 2.05) is 27.7 Å². The summed E-state index contributed by atoms with van der Waals surface area (Å²) < 4.78 is 48.2. The summed E-state index contributed by atoms with van der Waals surface area (Å²) in [5.41, 5.74) is 2.19. The number of aliphatic hydroxyl groups is 3. The van der Waals surface area contributed by atoms with E-state index >= 15 is 0 Å². The molecular formula is C44H54O15. The number of carboxylic acid groups (broad SMARTS) is 1. The largest absolute Gasteiger partial charge is 0.493 e. The fourth-order valence-corrected chi connectivity index (χ4v) is 6.57. The third-order valence-corrected chi connectivity index (χ3v) is 9.36. The summed E-state index contributed by atoms with van der Waals surface area (Å²) in [6, 6.07) is 16.4. The van der Waals surface area contributed by atoms with Crippen LogP contribution in [0.3, 0.4) is 0 Å². The lowest BCUT2D eigenvalue weighted by Crippen LogP contribution is -2.34. The van der Waals surface area contributed by atoms with E-state index in [0.717, 1.165) is 5.56 Å². The van der Waals surface area contributed by atoms with Crippen LogP contribution in [0.25, 0.3) is 0 Å². The molecule has 6 rings (SSSR count). The fourth-order valence-electron chi connectivity index (χ4n) is 6.57. The predicted molar refractivity (Wildman–Crippen MR) is 216 cm³/mol. The number of esters is 1. The van der Waals surface area contributed by atoms with Gasteiger partial charge in [0, 0.05) is 24.0 Å². The minimum atomic E-state index is -1.00. The molecule has 2 aliphatic rings. The molecule has 0 saturated heterocycles. The van der Waals surface area contributed by atoms with Gasteiger partial charge < -0.3 is 63.1 Å². The molecule has 2 aliphatic heterocycles. The number of aliphatic hydroxyl groups excluding tert-OH is 3. The number of ether oxygens (including phenoxy) is 9. The number of hydrogen-bond donors (Lipinski definition) is 4. The molecule has 59 heavy (non-hydrogen) atoms. The second kappa shape index (κ2) is 19.7. The Morgan fingerprint density at radius 1 is 0.610 bits per heavy atom. The SMILES string of the molecule is CC1(C)CC(O)c2cc(C(=O)O)ccc2O1.COc1cc(CO)cc(OC)c1OC.COc1cc(COC(=O)c2ccc3c(c2)C(O)CC(C)(C)O3)cc(OC)c1OC. The van der Waals surface area contributed by atoms with Gasteiger partial charge in [0.2, 0.25) is 11.5 Å². The topological polar surface area (TPSA) is 198 Å². The van der Waals surface area contributed by atoms with Gasteiger partial charge in [-0.25, -0.2) is 9.59 Å². The molecule has 2 atom stereocenters. The van der Waals surface area contributed by atoms with Gasteiger partial charge in [0.05, 0.1) is 72.6 Å². The molecular weight excluding hydrogens is 768 g/mol. The van der Waals surface area contributed by atoms with Crippen molar-refractivity contribution >= 4 is 11.9 Å². The molecule has 2 unspecified atom stereocenters. The minimum absolute atomic E-state index is 0.0265. The van der Waals surface area contributed by atoms with Gasteiger partial charge in [-0.15, -0.1) is 0 Å². The average molecular weight is 823 g/mol. The van der Waals surface area contributed by atoms with E-state index in [1.165, 1.54) is 33.5 Å². The molecule has 0 spiro atoms. The summed E-state index contributed by atoms with van der Waals surface area (Å²) in [7, 11) is 9.19. The van der Waals surface area contributed by atoms with Gasteiger partial charge in [-0.2, -0.15) is 0 Å². The van der Waals surface area contributed by atoms with Crippen LogP contribution in [0.15, 0.2) is 60.7 Å². The van der Waals surface area contributed by atoms with E-state index in [-0.39, 0.29) is 18.8 Å². The smallest absolute Gasteiger partial charge is 0.338 e. The summed E-state index contributed by atoms with van der Waals surface area (Å²) in [6.45, 7) is 7.58. The lowest BCUT2D eigenvalue weighted by molar-refractivity contribution is 0.0107. The third-order valence-electron chi connectivity index (χ3n) is 9.36. The van der Waals surface area contributed by atoms with Gasteiger partial charge in [-0.3, -0.25) is 0 Å². The van der Waals surface area contributed by atoms with E-state index in [0.29, 0.717) is 81.1 Å². The number of aromatic carboxylic acids is 1. The van der Waals surface area contributed by atoms with Gasteiger partial charge in [-0.05, 0) is 99.5 Å². The Kier molecular flexibility index (Phi) is 15.3. The van der Waals surface area contributed by atoms with Crippen molar-refractivity contribution in [2.45, 2.75) is 77.2 Å². The molecule has 0 amide bonds. The first kappa shape index (κ1) is 45.8. The zero-order chi connectivity index (χ0) is 43.7. The lowest BCUT2D eigenvalue weighted by atomic mass is 9.91. The molecule has 15 heteroatoms. The predicted octanol–water partition coefficient (Wildman–Crippen LogP) is 6.85. The highest BCUT2D eigenvalue weighted by atomic mass is 16.5. The van der Waals surface area contributed by atoms with Crippen molar-refractivity contribution in [3.8, 4) is 46.0 Å². The Balaban J connectivity index is 0.000000216. The molecule has 0 saturated carbocycles. The summed E-state index contributed by atoms with van der Waals surface area (Å²) >= 11 is 0.